The van der Waals surface area contributed by atoms with Gasteiger partial charge in [-0.25, -0.2) is 9.67 Å². The predicted octanol–water partition coefficient (Wildman–Crippen LogP) is 12.6. The molecule has 5 heteroatoms. The summed E-state index contributed by atoms with van der Waals surface area (Å²) >= 11 is 0. The summed E-state index contributed by atoms with van der Waals surface area (Å²) in [5.74, 6) is 2.78. The van der Waals surface area contributed by atoms with E-state index in [-0.39, 0.29) is 0 Å². The van der Waals surface area contributed by atoms with Gasteiger partial charge in [-0.2, -0.15) is 5.10 Å². The van der Waals surface area contributed by atoms with Crippen molar-refractivity contribution in [1.29, 1.82) is 0 Å². The smallest absolute Gasteiger partial charge is 0.137 e. The first kappa shape index (κ1) is 32.2. The van der Waals surface area contributed by atoms with Gasteiger partial charge in [0.2, 0.25) is 0 Å². The zero-order valence-electron chi connectivity index (χ0n) is 29.9. The van der Waals surface area contributed by atoms with Crippen molar-refractivity contribution in [1.82, 2.24) is 19.3 Å². The maximum Gasteiger partial charge on any atom is 0.137 e. The van der Waals surface area contributed by atoms with E-state index in [2.05, 4.69) is 159 Å². The molecule has 9 rings (SSSR count). The van der Waals surface area contributed by atoms with Crippen LogP contribution in [-0.4, -0.2) is 19.3 Å². The Morgan fingerprint density at radius 1 is 0.585 bits per heavy atom. The second-order valence-electron chi connectivity index (χ2n) is 13.9. The summed E-state index contributed by atoms with van der Waals surface area (Å²) in [5, 5.41) is 7.22. The molecule has 9 aromatic rings. The third-order valence-electron chi connectivity index (χ3n) is 9.95. The van der Waals surface area contributed by atoms with Crippen LogP contribution >= 0.6 is 0 Å². The standard InChI is InChI=1S/C48H38N4O/c1-32(2)36-23-24-49-47(27-36)52-45-20-11-10-19-41(45)42-22-21-40(29-46(42)52)53-39-18-12-17-38(28-39)51-31-37(30-50-51)48-43(34-13-6-4-7-14-34)25-33(3)26-44(48)35-15-8-5-9-16-35/h4-32H,1-3H3. The SMILES string of the molecule is Cc1cc(-c2ccccc2)c(-c2cnn(-c3cccc(Oc4ccc5c6ccccc6n(-c6cc(C(C)C)ccn6)c5c4)c3)c2)c(-c2ccccc2)c1. The molecular formula is C48H38N4O. The van der Waals surface area contributed by atoms with Crippen LogP contribution in [0.4, 0.5) is 0 Å². The molecule has 0 fully saturated rings. The maximum absolute atomic E-state index is 6.58. The summed E-state index contributed by atoms with van der Waals surface area (Å²) in [6.07, 6.45) is 5.99. The van der Waals surface area contributed by atoms with E-state index in [0.717, 1.165) is 50.6 Å². The molecule has 0 saturated carbocycles. The average molecular weight is 687 g/mol. The van der Waals surface area contributed by atoms with Crippen molar-refractivity contribution in [3.63, 3.8) is 0 Å². The van der Waals surface area contributed by atoms with Crippen molar-refractivity contribution in [2.75, 3.05) is 0 Å². The van der Waals surface area contributed by atoms with Gasteiger partial charge in [-0.3, -0.25) is 4.57 Å². The summed E-state index contributed by atoms with van der Waals surface area (Å²) in [7, 11) is 0. The molecule has 0 aliphatic carbocycles. The summed E-state index contributed by atoms with van der Waals surface area (Å²) in [5.41, 5.74) is 12.4. The quantitative estimate of drug-likeness (QED) is 0.160. The number of aryl methyl sites for hydroxylation is 1. The topological polar surface area (TPSA) is 44.9 Å². The highest BCUT2D eigenvalue weighted by Gasteiger charge is 2.18. The highest BCUT2D eigenvalue weighted by molar-refractivity contribution is 6.09. The predicted molar refractivity (Wildman–Crippen MR) is 217 cm³/mol. The van der Waals surface area contributed by atoms with E-state index in [1.54, 1.807) is 0 Å². The third-order valence-corrected chi connectivity index (χ3v) is 9.95. The Kier molecular flexibility index (Phi) is 8.17. The molecular weight excluding hydrogens is 649 g/mol. The van der Waals surface area contributed by atoms with E-state index >= 15 is 0 Å². The van der Waals surface area contributed by atoms with Crippen molar-refractivity contribution in [3.8, 4) is 56.4 Å². The summed E-state index contributed by atoms with van der Waals surface area (Å²) in [4.78, 5) is 4.81. The molecule has 3 aromatic heterocycles. The molecule has 53 heavy (non-hydrogen) atoms. The normalized spacial score (nSPS) is 11.5. The molecule has 0 amide bonds. The highest BCUT2D eigenvalue weighted by Crippen LogP contribution is 2.41. The van der Waals surface area contributed by atoms with Gasteiger partial charge in [0.05, 0.1) is 22.9 Å². The lowest BCUT2D eigenvalue weighted by molar-refractivity contribution is 0.483. The van der Waals surface area contributed by atoms with E-state index in [4.69, 9.17) is 14.8 Å². The van der Waals surface area contributed by atoms with Crippen molar-refractivity contribution in [3.05, 3.63) is 181 Å². The molecule has 0 spiro atoms. The Balaban J connectivity index is 1.09. The number of pyridine rings is 1. The average Bonchev–Trinajstić information content (AvgIpc) is 3.82. The van der Waals surface area contributed by atoms with Gasteiger partial charge in [0.1, 0.15) is 17.3 Å². The molecule has 0 aliphatic heterocycles. The maximum atomic E-state index is 6.58. The molecule has 0 saturated heterocycles. The van der Waals surface area contributed by atoms with Crippen LogP contribution in [-0.2, 0) is 0 Å². The van der Waals surface area contributed by atoms with Crippen LogP contribution in [0.3, 0.4) is 0 Å². The van der Waals surface area contributed by atoms with E-state index in [9.17, 15) is 0 Å². The first-order valence-corrected chi connectivity index (χ1v) is 18.1. The van der Waals surface area contributed by atoms with Gasteiger partial charge in [-0.15, -0.1) is 0 Å². The number of ether oxygens (including phenoxy) is 1. The summed E-state index contributed by atoms with van der Waals surface area (Å²) in [6, 6.07) is 52.9. The fraction of sp³-hybridized carbons (Fsp3) is 0.0833. The van der Waals surface area contributed by atoms with Crippen molar-refractivity contribution >= 4 is 21.8 Å². The highest BCUT2D eigenvalue weighted by atomic mass is 16.5. The Morgan fingerprint density at radius 3 is 2.00 bits per heavy atom. The number of hydrogen-bond donors (Lipinski definition) is 0. The van der Waals surface area contributed by atoms with Gasteiger partial charge >= 0.3 is 0 Å². The molecule has 5 nitrogen and oxygen atoms in total. The molecule has 6 aromatic carbocycles. The Hall–Kier alpha value is -6.72. The van der Waals surface area contributed by atoms with Crippen LogP contribution in [0, 0.1) is 6.92 Å². The largest absolute Gasteiger partial charge is 0.457 e. The van der Waals surface area contributed by atoms with E-state index in [1.165, 1.54) is 38.8 Å². The van der Waals surface area contributed by atoms with Crippen LogP contribution in [0.5, 0.6) is 11.5 Å². The Morgan fingerprint density at radius 2 is 1.26 bits per heavy atom. The lowest BCUT2D eigenvalue weighted by Crippen LogP contribution is -1.99. The minimum Gasteiger partial charge on any atom is -0.457 e. The monoisotopic (exact) mass is 686 g/mol. The van der Waals surface area contributed by atoms with Crippen molar-refractivity contribution < 1.29 is 4.74 Å². The van der Waals surface area contributed by atoms with Crippen LogP contribution in [0.25, 0.3) is 66.7 Å². The van der Waals surface area contributed by atoms with Gasteiger partial charge in [-0.05, 0) is 88.7 Å². The van der Waals surface area contributed by atoms with Gasteiger partial charge in [0.25, 0.3) is 0 Å². The molecule has 3 heterocycles. The van der Waals surface area contributed by atoms with Crippen LogP contribution in [0.1, 0.15) is 30.9 Å². The number of benzene rings is 6. The fourth-order valence-electron chi connectivity index (χ4n) is 7.38. The van der Waals surface area contributed by atoms with Crippen molar-refractivity contribution in [2.24, 2.45) is 0 Å². The molecule has 0 aliphatic rings. The molecule has 0 N–H and O–H groups in total. The minimum atomic E-state index is 0.399. The van der Waals surface area contributed by atoms with Gasteiger partial charge in [0.15, 0.2) is 0 Å². The van der Waals surface area contributed by atoms with Crippen LogP contribution in [0.15, 0.2) is 170 Å². The van der Waals surface area contributed by atoms with Gasteiger partial charge in [-0.1, -0.05) is 111 Å². The zero-order valence-corrected chi connectivity index (χ0v) is 29.9. The third kappa shape index (κ3) is 6.06. The molecule has 0 radical (unpaired) electrons. The summed E-state index contributed by atoms with van der Waals surface area (Å²) in [6.45, 7) is 6.58. The second kappa shape index (κ2) is 13.4. The second-order valence-corrected chi connectivity index (χ2v) is 13.9. The Labute approximate surface area is 309 Å². The molecule has 0 bridgehead atoms. The zero-order chi connectivity index (χ0) is 35.9. The first-order chi connectivity index (χ1) is 26.0. The van der Waals surface area contributed by atoms with E-state index in [0.29, 0.717) is 5.92 Å². The fourth-order valence-corrected chi connectivity index (χ4v) is 7.38. The lowest BCUT2D eigenvalue weighted by atomic mass is 9.87. The van der Waals surface area contributed by atoms with Gasteiger partial charge in [0, 0.05) is 46.4 Å². The minimum absolute atomic E-state index is 0.399. The molecule has 0 atom stereocenters. The number of aromatic nitrogens is 4. The Bertz CT molecular complexity index is 2680. The number of nitrogens with zero attached hydrogens (tertiary/aromatic N) is 4. The lowest BCUT2D eigenvalue weighted by Gasteiger charge is -2.16. The molecule has 256 valence electrons. The number of fused-ring (bicyclic) bond motifs is 3. The van der Waals surface area contributed by atoms with Crippen molar-refractivity contribution in [2.45, 2.75) is 26.7 Å². The number of rotatable bonds is 8. The summed E-state index contributed by atoms with van der Waals surface area (Å²) < 4.78 is 10.8. The van der Waals surface area contributed by atoms with Gasteiger partial charge < -0.3 is 4.74 Å². The van der Waals surface area contributed by atoms with E-state index < -0.39 is 0 Å². The number of hydrogen-bond acceptors (Lipinski definition) is 3. The van der Waals surface area contributed by atoms with E-state index in [1.807, 2.05) is 41.3 Å². The first-order valence-electron chi connectivity index (χ1n) is 18.1. The molecule has 0 unspecified atom stereocenters. The number of para-hydroxylation sites is 1. The van der Waals surface area contributed by atoms with Crippen LogP contribution < -0.4 is 4.74 Å². The van der Waals surface area contributed by atoms with Crippen LogP contribution in [0.2, 0.25) is 0 Å².